The van der Waals surface area contributed by atoms with E-state index in [1.165, 1.54) is 12.0 Å². The lowest BCUT2D eigenvalue weighted by molar-refractivity contribution is 0.265. The Balaban J connectivity index is 2.03. The van der Waals surface area contributed by atoms with Gasteiger partial charge in [0, 0.05) is 6.61 Å². The molecule has 0 amide bonds. The number of rotatable bonds is 3. The molecule has 0 aromatic heterocycles. The highest BCUT2D eigenvalue weighted by molar-refractivity contribution is 5.21. The second kappa shape index (κ2) is 3.51. The summed E-state index contributed by atoms with van der Waals surface area (Å²) in [6, 6.07) is 10.6. The molecular weight excluding hydrogens is 160 g/mol. The fourth-order valence-electron chi connectivity index (χ4n) is 2.10. The van der Waals surface area contributed by atoms with Gasteiger partial charge in [0.25, 0.3) is 0 Å². The molecule has 0 unspecified atom stereocenters. The van der Waals surface area contributed by atoms with Crippen LogP contribution < -0.4 is 0 Å². The highest BCUT2D eigenvalue weighted by Gasteiger charge is 2.40. The van der Waals surface area contributed by atoms with Gasteiger partial charge in [0.05, 0.1) is 0 Å². The van der Waals surface area contributed by atoms with E-state index in [1.54, 1.807) is 0 Å². The van der Waals surface area contributed by atoms with Crippen molar-refractivity contribution in [3.05, 3.63) is 35.9 Å². The van der Waals surface area contributed by atoms with Crippen molar-refractivity contribution >= 4 is 0 Å². The molecule has 0 bridgehead atoms. The third-order valence-electron chi connectivity index (χ3n) is 3.18. The monoisotopic (exact) mass is 176 g/mol. The van der Waals surface area contributed by atoms with Crippen molar-refractivity contribution in [3.8, 4) is 0 Å². The Kier molecular flexibility index (Phi) is 2.36. The molecule has 1 aromatic carbocycles. The van der Waals surface area contributed by atoms with Gasteiger partial charge in [0.2, 0.25) is 0 Å². The maximum Gasteiger partial charge on any atom is 0.0462 e. The largest absolute Gasteiger partial charge is 0.396 e. The van der Waals surface area contributed by atoms with E-state index >= 15 is 0 Å². The molecule has 0 heterocycles. The van der Waals surface area contributed by atoms with Crippen molar-refractivity contribution in [2.75, 3.05) is 6.61 Å². The molecule has 0 aliphatic heterocycles. The third-order valence-corrected chi connectivity index (χ3v) is 3.18. The Labute approximate surface area is 79.4 Å². The first-order valence-corrected chi connectivity index (χ1v) is 4.98. The SMILES string of the molecule is C[C@@H](c1ccccc1)[C@@H]1C[C@H]1CO. The van der Waals surface area contributed by atoms with E-state index in [0.29, 0.717) is 24.4 Å². The van der Waals surface area contributed by atoms with Crippen molar-refractivity contribution in [2.45, 2.75) is 19.3 Å². The molecule has 1 nitrogen and oxygen atoms in total. The molecule has 3 atom stereocenters. The van der Waals surface area contributed by atoms with Crippen LogP contribution in [0.4, 0.5) is 0 Å². The van der Waals surface area contributed by atoms with E-state index < -0.39 is 0 Å². The van der Waals surface area contributed by atoms with Crippen LogP contribution in [0.3, 0.4) is 0 Å². The molecule has 1 aliphatic carbocycles. The summed E-state index contributed by atoms with van der Waals surface area (Å²) in [4.78, 5) is 0. The normalized spacial score (nSPS) is 28.5. The molecule has 13 heavy (non-hydrogen) atoms. The van der Waals surface area contributed by atoms with Crippen molar-refractivity contribution in [1.29, 1.82) is 0 Å². The lowest BCUT2D eigenvalue weighted by atomic mass is 9.95. The van der Waals surface area contributed by atoms with Crippen LogP contribution in [0, 0.1) is 11.8 Å². The van der Waals surface area contributed by atoms with E-state index in [-0.39, 0.29) is 0 Å². The predicted octanol–water partition coefficient (Wildman–Crippen LogP) is 2.42. The summed E-state index contributed by atoms with van der Waals surface area (Å²) >= 11 is 0. The molecule has 0 saturated heterocycles. The van der Waals surface area contributed by atoms with Gasteiger partial charge in [0.15, 0.2) is 0 Å². The van der Waals surface area contributed by atoms with Gasteiger partial charge in [-0.3, -0.25) is 0 Å². The first-order chi connectivity index (χ1) is 6.33. The second-order valence-corrected chi connectivity index (χ2v) is 4.04. The quantitative estimate of drug-likeness (QED) is 0.750. The Morgan fingerprint density at radius 1 is 1.38 bits per heavy atom. The van der Waals surface area contributed by atoms with E-state index in [0.717, 1.165) is 0 Å². The molecule has 2 rings (SSSR count). The summed E-state index contributed by atoms with van der Waals surface area (Å²) in [6.45, 7) is 2.62. The lowest BCUT2D eigenvalue weighted by Crippen LogP contribution is -1.99. The zero-order valence-electron chi connectivity index (χ0n) is 7.98. The van der Waals surface area contributed by atoms with Gasteiger partial charge < -0.3 is 5.11 Å². The zero-order chi connectivity index (χ0) is 9.26. The number of hydrogen-bond donors (Lipinski definition) is 1. The summed E-state index contributed by atoms with van der Waals surface area (Å²) in [6.07, 6.45) is 1.20. The lowest BCUT2D eigenvalue weighted by Gasteiger charge is -2.10. The van der Waals surface area contributed by atoms with Crippen LogP contribution in [0.1, 0.15) is 24.8 Å². The van der Waals surface area contributed by atoms with E-state index in [9.17, 15) is 0 Å². The maximum atomic E-state index is 8.97. The molecule has 70 valence electrons. The highest BCUT2D eigenvalue weighted by Crippen LogP contribution is 2.47. The first kappa shape index (κ1) is 8.76. The standard InChI is InChI=1S/C12H16O/c1-9(12-7-11(12)8-13)10-5-3-2-4-6-10/h2-6,9,11-13H,7-8H2,1H3/t9-,11-,12-/m0/s1. The molecule has 1 fully saturated rings. The van der Waals surface area contributed by atoms with Crippen molar-refractivity contribution in [3.63, 3.8) is 0 Å². The maximum absolute atomic E-state index is 8.97. The van der Waals surface area contributed by atoms with Gasteiger partial charge in [0.1, 0.15) is 0 Å². The van der Waals surface area contributed by atoms with Crippen LogP contribution in [0.25, 0.3) is 0 Å². The third kappa shape index (κ3) is 1.75. The van der Waals surface area contributed by atoms with E-state index in [2.05, 4.69) is 31.2 Å². The number of aliphatic hydroxyl groups excluding tert-OH is 1. The topological polar surface area (TPSA) is 20.2 Å². The summed E-state index contributed by atoms with van der Waals surface area (Å²) in [5, 5.41) is 8.97. The van der Waals surface area contributed by atoms with Crippen LogP contribution in [0.2, 0.25) is 0 Å². The minimum atomic E-state index is 0.363. The summed E-state index contributed by atoms with van der Waals surface area (Å²) < 4.78 is 0. The summed E-state index contributed by atoms with van der Waals surface area (Å²) in [7, 11) is 0. The summed E-state index contributed by atoms with van der Waals surface area (Å²) in [5.41, 5.74) is 1.41. The minimum Gasteiger partial charge on any atom is -0.396 e. The van der Waals surface area contributed by atoms with E-state index in [4.69, 9.17) is 5.11 Å². The Morgan fingerprint density at radius 3 is 2.62 bits per heavy atom. The highest BCUT2D eigenvalue weighted by atomic mass is 16.3. The van der Waals surface area contributed by atoms with Gasteiger partial charge in [-0.05, 0) is 29.7 Å². The molecule has 0 radical (unpaired) electrons. The van der Waals surface area contributed by atoms with Gasteiger partial charge >= 0.3 is 0 Å². The van der Waals surface area contributed by atoms with Gasteiger partial charge in [-0.1, -0.05) is 37.3 Å². The average Bonchev–Trinajstić information content (AvgIpc) is 2.97. The second-order valence-electron chi connectivity index (χ2n) is 4.04. The Morgan fingerprint density at radius 2 is 2.08 bits per heavy atom. The number of hydrogen-bond acceptors (Lipinski definition) is 1. The zero-order valence-corrected chi connectivity index (χ0v) is 7.98. The van der Waals surface area contributed by atoms with Gasteiger partial charge in [-0.25, -0.2) is 0 Å². The van der Waals surface area contributed by atoms with Crippen molar-refractivity contribution in [2.24, 2.45) is 11.8 Å². The van der Waals surface area contributed by atoms with Crippen molar-refractivity contribution < 1.29 is 5.11 Å². The minimum absolute atomic E-state index is 0.363. The summed E-state index contributed by atoms with van der Waals surface area (Å²) in [5.74, 6) is 1.89. The fourth-order valence-corrected chi connectivity index (χ4v) is 2.10. The van der Waals surface area contributed by atoms with Gasteiger partial charge in [-0.15, -0.1) is 0 Å². The Bertz CT molecular complexity index is 268. The molecule has 0 spiro atoms. The average molecular weight is 176 g/mol. The molecular formula is C12H16O. The van der Waals surface area contributed by atoms with Crippen molar-refractivity contribution in [1.82, 2.24) is 0 Å². The van der Waals surface area contributed by atoms with Crippen LogP contribution in [-0.4, -0.2) is 11.7 Å². The number of benzene rings is 1. The number of aliphatic hydroxyl groups is 1. The smallest absolute Gasteiger partial charge is 0.0462 e. The van der Waals surface area contributed by atoms with Crippen LogP contribution >= 0.6 is 0 Å². The van der Waals surface area contributed by atoms with E-state index in [1.807, 2.05) is 6.07 Å². The molecule has 1 aromatic rings. The molecule has 1 saturated carbocycles. The van der Waals surface area contributed by atoms with Crippen LogP contribution in [-0.2, 0) is 0 Å². The first-order valence-electron chi connectivity index (χ1n) is 4.98. The predicted molar refractivity (Wildman–Crippen MR) is 53.5 cm³/mol. The van der Waals surface area contributed by atoms with Gasteiger partial charge in [-0.2, -0.15) is 0 Å². The fraction of sp³-hybridized carbons (Fsp3) is 0.500. The molecule has 1 heteroatoms. The van der Waals surface area contributed by atoms with Crippen LogP contribution in [0.15, 0.2) is 30.3 Å². The molecule has 1 N–H and O–H groups in total. The Hall–Kier alpha value is -0.820. The molecule has 1 aliphatic rings. The van der Waals surface area contributed by atoms with Crippen LogP contribution in [0.5, 0.6) is 0 Å².